The topological polar surface area (TPSA) is 54.2 Å². The summed E-state index contributed by atoms with van der Waals surface area (Å²) in [7, 11) is 0. The van der Waals surface area contributed by atoms with Crippen molar-refractivity contribution < 1.29 is 4.52 Å². The van der Waals surface area contributed by atoms with E-state index in [0.29, 0.717) is 6.04 Å². The molecule has 1 saturated heterocycles. The van der Waals surface area contributed by atoms with E-state index in [1.54, 1.807) is 0 Å². The second-order valence-electron chi connectivity index (χ2n) is 4.80. The first kappa shape index (κ1) is 12.3. The van der Waals surface area contributed by atoms with E-state index in [2.05, 4.69) is 50.7 Å². The minimum Gasteiger partial charge on any atom is -0.340 e. The SMILES string of the molecule is c1ccc(C2CN(CCc3ncno3)CCN2)cc1. The van der Waals surface area contributed by atoms with Crippen molar-refractivity contribution in [3.8, 4) is 0 Å². The van der Waals surface area contributed by atoms with Gasteiger partial charge in [-0.1, -0.05) is 35.5 Å². The Morgan fingerprint density at radius 1 is 1.32 bits per heavy atom. The molecule has 0 bridgehead atoms. The summed E-state index contributed by atoms with van der Waals surface area (Å²) in [6.45, 7) is 4.08. The quantitative estimate of drug-likeness (QED) is 0.894. The van der Waals surface area contributed by atoms with Crippen molar-refractivity contribution >= 4 is 0 Å². The minimum atomic E-state index is 0.414. The lowest BCUT2D eigenvalue weighted by atomic mass is 10.0. The van der Waals surface area contributed by atoms with Crippen LogP contribution < -0.4 is 5.32 Å². The molecule has 3 rings (SSSR count). The van der Waals surface area contributed by atoms with Gasteiger partial charge in [0.25, 0.3) is 0 Å². The number of piperazine rings is 1. The number of rotatable bonds is 4. The average Bonchev–Trinajstić information content (AvgIpc) is 3.00. The fourth-order valence-electron chi connectivity index (χ4n) is 2.48. The first-order valence-corrected chi connectivity index (χ1v) is 6.68. The summed E-state index contributed by atoms with van der Waals surface area (Å²) in [6, 6.07) is 11.0. The van der Waals surface area contributed by atoms with Crippen molar-refractivity contribution in [2.24, 2.45) is 0 Å². The van der Waals surface area contributed by atoms with Crippen molar-refractivity contribution in [2.75, 3.05) is 26.2 Å². The molecule has 1 atom stereocenters. The number of aromatic nitrogens is 2. The van der Waals surface area contributed by atoms with E-state index >= 15 is 0 Å². The zero-order chi connectivity index (χ0) is 12.9. The van der Waals surface area contributed by atoms with Crippen LogP contribution in [0.5, 0.6) is 0 Å². The fraction of sp³-hybridized carbons (Fsp3) is 0.429. The van der Waals surface area contributed by atoms with Gasteiger partial charge in [0.05, 0.1) is 0 Å². The zero-order valence-electron chi connectivity index (χ0n) is 10.8. The van der Waals surface area contributed by atoms with Gasteiger partial charge in [-0.05, 0) is 5.56 Å². The van der Waals surface area contributed by atoms with E-state index in [1.165, 1.54) is 11.9 Å². The number of benzene rings is 1. The molecule has 1 aliphatic heterocycles. The van der Waals surface area contributed by atoms with Gasteiger partial charge >= 0.3 is 0 Å². The van der Waals surface area contributed by atoms with E-state index < -0.39 is 0 Å². The number of hydrogen-bond acceptors (Lipinski definition) is 5. The maximum absolute atomic E-state index is 5.03. The third kappa shape index (κ3) is 3.19. The Morgan fingerprint density at radius 2 is 2.21 bits per heavy atom. The highest BCUT2D eigenvalue weighted by molar-refractivity contribution is 5.19. The maximum Gasteiger partial charge on any atom is 0.227 e. The van der Waals surface area contributed by atoms with Gasteiger partial charge in [-0.15, -0.1) is 0 Å². The van der Waals surface area contributed by atoms with Gasteiger partial charge in [-0.3, -0.25) is 4.90 Å². The molecular weight excluding hydrogens is 240 g/mol. The molecule has 19 heavy (non-hydrogen) atoms. The molecule has 1 aromatic heterocycles. The normalized spacial score (nSPS) is 20.5. The molecule has 1 fully saturated rings. The van der Waals surface area contributed by atoms with E-state index in [4.69, 9.17) is 4.52 Å². The monoisotopic (exact) mass is 258 g/mol. The number of nitrogens with one attached hydrogen (secondary N) is 1. The molecular formula is C14H18N4O. The smallest absolute Gasteiger partial charge is 0.227 e. The second-order valence-corrected chi connectivity index (χ2v) is 4.80. The summed E-state index contributed by atoms with van der Waals surface area (Å²) in [5, 5.41) is 7.20. The van der Waals surface area contributed by atoms with Crippen LogP contribution >= 0.6 is 0 Å². The summed E-state index contributed by atoms with van der Waals surface area (Å²) in [5.74, 6) is 0.717. The molecule has 0 amide bonds. The lowest BCUT2D eigenvalue weighted by molar-refractivity contribution is 0.197. The molecule has 1 aromatic carbocycles. The van der Waals surface area contributed by atoms with Crippen LogP contribution in [0.3, 0.4) is 0 Å². The first-order chi connectivity index (χ1) is 9.42. The highest BCUT2D eigenvalue weighted by atomic mass is 16.5. The highest BCUT2D eigenvalue weighted by Crippen LogP contribution is 2.16. The Morgan fingerprint density at radius 3 is 3.00 bits per heavy atom. The van der Waals surface area contributed by atoms with E-state index in [-0.39, 0.29) is 0 Å². The van der Waals surface area contributed by atoms with Crippen molar-refractivity contribution in [2.45, 2.75) is 12.5 Å². The molecule has 1 aliphatic rings. The fourth-order valence-corrected chi connectivity index (χ4v) is 2.48. The molecule has 0 aliphatic carbocycles. The largest absolute Gasteiger partial charge is 0.340 e. The van der Waals surface area contributed by atoms with E-state index in [1.807, 2.05) is 0 Å². The molecule has 2 aromatic rings. The predicted octanol–water partition coefficient (Wildman–Crippen LogP) is 1.26. The predicted molar refractivity (Wildman–Crippen MR) is 71.6 cm³/mol. The van der Waals surface area contributed by atoms with Gasteiger partial charge in [0, 0.05) is 38.6 Å². The number of nitrogens with zero attached hydrogens (tertiary/aromatic N) is 3. The van der Waals surface area contributed by atoms with Gasteiger partial charge in [-0.25, -0.2) is 0 Å². The van der Waals surface area contributed by atoms with Gasteiger partial charge < -0.3 is 9.84 Å². The lowest BCUT2D eigenvalue weighted by Crippen LogP contribution is -2.46. The van der Waals surface area contributed by atoms with Gasteiger partial charge in [-0.2, -0.15) is 4.98 Å². The van der Waals surface area contributed by atoms with Crippen molar-refractivity contribution in [1.29, 1.82) is 0 Å². The Bertz CT molecular complexity index is 485. The van der Waals surface area contributed by atoms with Crippen LogP contribution in [0.25, 0.3) is 0 Å². The third-order valence-corrected chi connectivity index (χ3v) is 3.51. The van der Waals surface area contributed by atoms with Crippen LogP contribution in [0.4, 0.5) is 0 Å². The second kappa shape index (κ2) is 5.95. The summed E-state index contributed by atoms with van der Waals surface area (Å²) < 4.78 is 5.03. The molecule has 2 heterocycles. The molecule has 5 heteroatoms. The Kier molecular flexibility index (Phi) is 3.86. The number of hydrogen-bond donors (Lipinski definition) is 1. The molecule has 0 saturated carbocycles. The van der Waals surface area contributed by atoms with Gasteiger partial charge in [0.1, 0.15) is 0 Å². The Balaban J connectivity index is 1.56. The van der Waals surface area contributed by atoms with Crippen LogP contribution in [0.15, 0.2) is 41.2 Å². The summed E-state index contributed by atoms with van der Waals surface area (Å²) >= 11 is 0. The molecule has 0 radical (unpaired) electrons. The first-order valence-electron chi connectivity index (χ1n) is 6.68. The average molecular weight is 258 g/mol. The van der Waals surface area contributed by atoms with Crippen LogP contribution in [-0.4, -0.2) is 41.2 Å². The highest BCUT2D eigenvalue weighted by Gasteiger charge is 2.20. The van der Waals surface area contributed by atoms with Crippen molar-refractivity contribution in [1.82, 2.24) is 20.4 Å². The minimum absolute atomic E-state index is 0.414. The van der Waals surface area contributed by atoms with E-state index in [9.17, 15) is 0 Å². The van der Waals surface area contributed by atoms with Gasteiger partial charge in [0.2, 0.25) is 5.89 Å². The Hall–Kier alpha value is -1.72. The summed E-state index contributed by atoms with van der Waals surface area (Å²) in [4.78, 5) is 6.50. The third-order valence-electron chi connectivity index (χ3n) is 3.51. The summed E-state index contributed by atoms with van der Waals surface area (Å²) in [6.07, 6.45) is 2.28. The molecule has 5 nitrogen and oxygen atoms in total. The standard InChI is InChI=1S/C14H18N4O/c1-2-4-12(5-3-1)13-10-18(9-7-15-13)8-6-14-16-11-17-19-14/h1-5,11,13,15H,6-10H2. The molecule has 1 unspecified atom stereocenters. The van der Waals surface area contributed by atoms with Crippen molar-refractivity contribution in [3.63, 3.8) is 0 Å². The molecule has 0 spiro atoms. The lowest BCUT2D eigenvalue weighted by Gasteiger charge is -2.33. The van der Waals surface area contributed by atoms with Crippen LogP contribution in [0.1, 0.15) is 17.5 Å². The molecule has 100 valence electrons. The van der Waals surface area contributed by atoms with Crippen molar-refractivity contribution in [3.05, 3.63) is 48.1 Å². The molecule has 1 N–H and O–H groups in total. The van der Waals surface area contributed by atoms with Crippen LogP contribution in [0.2, 0.25) is 0 Å². The summed E-state index contributed by atoms with van der Waals surface area (Å²) in [5.41, 5.74) is 1.35. The van der Waals surface area contributed by atoms with Crippen LogP contribution in [-0.2, 0) is 6.42 Å². The van der Waals surface area contributed by atoms with Crippen LogP contribution in [0, 0.1) is 0 Å². The van der Waals surface area contributed by atoms with Gasteiger partial charge in [0.15, 0.2) is 6.33 Å². The van der Waals surface area contributed by atoms with E-state index in [0.717, 1.165) is 38.5 Å². The Labute approximate surface area is 112 Å². The maximum atomic E-state index is 5.03. The zero-order valence-corrected chi connectivity index (χ0v) is 10.8.